The molecule has 0 spiro atoms. The summed E-state index contributed by atoms with van der Waals surface area (Å²) in [4.78, 5) is 0. The molecule has 1 aromatic rings. The maximum absolute atomic E-state index is 9.46. The molecule has 1 N–H and O–H groups in total. The second kappa shape index (κ2) is 5.45. The topological polar surface area (TPSA) is 29.5 Å². The third-order valence-electron chi connectivity index (χ3n) is 1.94. The quantitative estimate of drug-likeness (QED) is 0.743. The van der Waals surface area contributed by atoms with Gasteiger partial charge in [-0.05, 0) is 19.9 Å². The molecule has 0 aromatic heterocycles. The molecule has 1 atom stereocenters. The first kappa shape index (κ1) is 10.8. The molecule has 2 nitrogen and oxygen atoms in total. The molecule has 1 rings (SSSR count). The normalized spacial score (nSPS) is 13.1. The SMILES string of the molecule is CC=CCOc1ccccc1[C@@H](C)O. The molecule has 0 radical (unpaired) electrons. The number of rotatable bonds is 4. The maximum Gasteiger partial charge on any atom is 0.125 e. The van der Waals surface area contributed by atoms with Gasteiger partial charge in [0.2, 0.25) is 0 Å². The number of benzene rings is 1. The number of ether oxygens (including phenoxy) is 1. The van der Waals surface area contributed by atoms with Gasteiger partial charge < -0.3 is 9.84 Å². The van der Waals surface area contributed by atoms with Crippen molar-refractivity contribution in [3.05, 3.63) is 42.0 Å². The van der Waals surface area contributed by atoms with Crippen molar-refractivity contribution in [3.63, 3.8) is 0 Å². The highest BCUT2D eigenvalue weighted by molar-refractivity contribution is 5.34. The van der Waals surface area contributed by atoms with Crippen molar-refractivity contribution in [2.75, 3.05) is 6.61 Å². The average molecular weight is 192 g/mol. The van der Waals surface area contributed by atoms with Crippen molar-refractivity contribution in [2.24, 2.45) is 0 Å². The Balaban J connectivity index is 2.74. The van der Waals surface area contributed by atoms with E-state index in [1.807, 2.05) is 43.3 Å². The van der Waals surface area contributed by atoms with Crippen LogP contribution in [0.15, 0.2) is 36.4 Å². The van der Waals surface area contributed by atoms with Crippen molar-refractivity contribution < 1.29 is 9.84 Å². The Hall–Kier alpha value is -1.28. The zero-order valence-electron chi connectivity index (χ0n) is 8.60. The fraction of sp³-hybridized carbons (Fsp3) is 0.333. The minimum atomic E-state index is -0.489. The van der Waals surface area contributed by atoms with Gasteiger partial charge in [0.1, 0.15) is 12.4 Å². The number of aliphatic hydroxyl groups excluding tert-OH is 1. The highest BCUT2D eigenvalue weighted by atomic mass is 16.5. The third-order valence-corrected chi connectivity index (χ3v) is 1.94. The van der Waals surface area contributed by atoms with Crippen LogP contribution in [0.25, 0.3) is 0 Å². The van der Waals surface area contributed by atoms with Crippen LogP contribution in [0.4, 0.5) is 0 Å². The monoisotopic (exact) mass is 192 g/mol. The Morgan fingerprint density at radius 1 is 1.43 bits per heavy atom. The average Bonchev–Trinajstić information content (AvgIpc) is 2.19. The summed E-state index contributed by atoms with van der Waals surface area (Å²) in [5.74, 6) is 0.751. The Morgan fingerprint density at radius 3 is 2.79 bits per heavy atom. The van der Waals surface area contributed by atoms with Crippen LogP contribution in [0.1, 0.15) is 25.5 Å². The summed E-state index contributed by atoms with van der Waals surface area (Å²) in [6, 6.07) is 7.53. The Bertz CT molecular complexity index is 303. The Kier molecular flexibility index (Phi) is 4.20. The van der Waals surface area contributed by atoms with Crippen LogP contribution >= 0.6 is 0 Å². The molecule has 0 aliphatic carbocycles. The smallest absolute Gasteiger partial charge is 0.125 e. The molecule has 0 fully saturated rings. The highest BCUT2D eigenvalue weighted by Gasteiger charge is 2.06. The summed E-state index contributed by atoms with van der Waals surface area (Å²) in [7, 11) is 0. The van der Waals surface area contributed by atoms with Gasteiger partial charge in [-0.25, -0.2) is 0 Å². The van der Waals surface area contributed by atoms with Crippen LogP contribution in [0.2, 0.25) is 0 Å². The fourth-order valence-electron chi connectivity index (χ4n) is 1.19. The molecular weight excluding hydrogens is 176 g/mol. The number of para-hydroxylation sites is 1. The van der Waals surface area contributed by atoms with Crippen molar-refractivity contribution >= 4 is 0 Å². The number of allylic oxidation sites excluding steroid dienone is 1. The zero-order valence-corrected chi connectivity index (χ0v) is 8.60. The van der Waals surface area contributed by atoms with Gasteiger partial charge in [0.15, 0.2) is 0 Å². The summed E-state index contributed by atoms with van der Waals surface area (Å²) >= 11 is 0. The summed E-state index contributed by atoms with van der Waals surface area (Å²) in [5, 5.41) is 9.46. The zero-order chi connectivity index (χ0) is 10.4. The van der Waals surface area contributed by atoms with E-state index in [9.17, 15) is 5.11 Å². The van der Waals surface area contributed by atoms with Crippen LogP contribution in [0, 0.1) is 0 Å². The standard InChI is InChI=1S/C12H16O2/c1-3-4-9-14-12-8-6-5-7-11(12)10(2)13/h3-8,10,13H,9H2,1-2H3/t10-/m1/s1. The van der Waals surface area contributed by atoms with Gasteiger partial charge in [-0.2, -0.15) is 0 Å². The van der Waals surface area contributed by atoms with Gasteiger partial charge in [-0.1, -0.05) is 30.4 Å². The lowest BCUT2D eigenvalue weighted by atomic mass is 10.1. The molecule has 0 saturated heterocycles. The lowest BCUT2D eigenvalue weighted by Crippen LogP contribution is -1.99. The molecule has 2 heteroatoms. The molecule has 14 heavy (non-hydrogen) atoms. The van der Waals surface area contributed by atoms with Crippen LogP contribution in [0.5, 0.6) is 5.75 Å². The van der Waals surface area contributed by atoms with E-state index < -0.39 is 6.10 Å². The lowest BCUT2D eigenvalue weighted by Gasteiger charge is -2.11. The molecular formula is C12H16O2. The predicted octanol–water partition coefficient (Wildman–Crippen LogP) is 2.69. The fourth-order valence-corrected chi connectivity index (χ4v) is 1.19. The summed E-state index contributed by atoms with van der Waals surface area (Å²) in [6.45, 7) is 4.22. The van der Waals surface area contributed by atoms with E-state index in [1.54, 1.807) is 6.92 Å². The molecule has 0 unspecified atom stereocenters. The van der Waals surface area contributed by atoms with Crippen molar-refractivity contribution in [1.82, 2.24) is 0 Å². The molecule has 0 aliphatic rings. The van der Waals surface area contributed by atoms with Crippen LogP contribution in [-0.4, -0.2) is 11.7 Å². The van der Waals surface area contributed by atoms with Crippen molar-refractivity contribution in [3.8, 4) is 5.75 Å². The number of hydrogen-bond donors (Lipinski definition) is 1. The Morgan fingerprint density at radius 2 is 2.14 bits per heavy atom. The van der Waals surface area contributed by atoms with E-state index in [2.05, 4.69) is 0 Å². The maximum atomic E-state index is 9.46. The summed E-state index contributed by atoms with van der Waals surface area (Å²) in [5.41, 5.74) is 0.831. The minimum absolute atomic E-state index is 0.489. The van der Waals surface area contributed by atoms with Crippen LogP contribution in [0.3, 0.4) is 0 Å². The largest absolute Gasteiger partial charge is 0.489 e. The van der Waals surface area contributed by atoms with Gasteiger partial charge in [0.25, 0.3) is 0 Å². The van der Waals surface area contributed by atoms with Crippen LogP contribution in [-0.2, 0) is 0 Å². The third kappa shape index (κ3) is 2.89. The Labute approximate surface area is 84.8 Å². The first-order valence-electron chi connectivity index (χ1n) is 4.76. The molecule has 76 valence electrons. The van der Waals surface area contributed by atoms with E-state index in [4.69, 9.17) is 4.74 Å². The molecule has 0 bridgehead atoms. The van der Waals surface area contributed by atoms with E-state index in [1.165, 1.54) is 0 Å². The van der Waals surface area contributed by atoms with Gasteiger partial charge in [-0.15, -0.1) is 0 Å². The number of aliphatic hydroxyl groups is 1. The van der Waals surface area contributed by atoms with E-state index in [0.29, 0.717) is 6.61 Å². The van der Waals surface area contributed by atoms with Gasteiger partial charge in [0.05, 0.1) is 6.10 Å². The van der Waals surface area contributed by atoms with Crippen LogP contribution < -0.4 is 4.74 Å². The molecule has 0 amide bonds. The van der Waals surface area contributed by atoms with Crippen molar-refractivity contribution in [1.29, 1.82) is 0 Å². The molecule has 0 aliphatic heterocycles. The lowest BCUT2D eigenvalue weighted by molar-refractivity contribution is 0.193. The van der Waals surface area contributed by atoms with Gasteiger partial charge in [0, 0.05) is 5.56 Å². The second-order valence-electron chi connectivity index (χ2n) is 3.09. The predicted molar refractivity (Wildman–Crippen MR) is 57.4 cm³/mol. The van der Waals surface area contributed by atoms with E-state index in [0.717, 1.165) is 11.3 Å². The van der Waals surface area contributed by atoms with Gasteiger partial charge in [-0.3, -0.25) is 0 Å². The van der Waals surface area contributed by atoms with Gasteiger partial charge >= 0.3 is 0 Å². The van der Waals surface area contributed by atoms with E-state index in [-0.39, 0.29) is 0 Å². The summed E-state index contributed by atoms with van der Waals surface area (Å²) < 4.78 is 5.49. The minimum Gasteiger partial charge on any atom is -0.489 e. The number of hydrogen-bond acceptors (Lipinski definition) is 2. The molecule has 0 heterocycles. The molecule has 0 saturated carbocycles. The molecule has 1 aromatic carbocycles. The summed E-state index contributed by atoms with van der Waals surface area (Å²) in [6.07, 6.45) is 3.38. The first-order valence-corrected chi connectivity index (χ1v) is 4.76. The van der Waals surface area contributed by atoms with E-state index >= 15 is 0 Å². The first-order chi connectivity index (χ1) is 6.75. The van der Waals surface area contributed by atoms with Crippen molar-refractivity contribution in [2.45, 2.75) is 20.0 Å². The highest BCUT2D eigenvalue weighted by Crippen LogP contribution is 2.24. The second-order valence-corrected chi connectivity index (χ2v) is 3.09.